The van der Waals surface area contributed by atoms with Crippen LogP contribution in [0.15, 0.2) is 41.0 Å². The number of benzene rings is 1. The summed E-state index contributed by atoms with van der Waals surface area (Å²) in [6, 6.07) is 9.81. The van der Waals surface area contributed by atoms with Crippen molar-refractivity contribution >= 4 is 5.69 Å². The average Bonchev–Trinajstić information content (AvgIpc) is 2.91. The number of nitrogens with one attached hydrogen (secondary N) is 1. The highest BCUT2D eigenvalue weighted by atomic mass is 16.5. The molecule has 2 rings (SSSR count). The highest BCUT2D eigenvalue weighted by Gasteiger charge is 2.01. The molecule has 0 aliphatic heterocycles. The van der Waals surface area contributed by atoms with Crippen molar-refractivity contribution in [1.82, 2.24) is 5.32 Å². The molecular weight excluding hydrogens is 240 g/mol. The highest BCUT2D eigenvalue weighted by Crippen LogP contribution is 2.22. The van der Waals surface area contributed by atoms with Crippen molar-refractivity contribution in [3.8, 4) is 5.75 Å². The summed E-state index contributed by atoms with van der Waals surface area (Å²) in [4.78, 5) is 0. The fraction of sp³-hybridized carbons (Fsp3) is 0.333. The Labute approximate surface area is 113 Å². The third-order valence-corrected chi connectivity index (χ3v) is 2.84. The van der Waals surface area contributed by atoms with Crippen molar-refractivity contribution in [2.75, 3.05) is 18.9 Å². The zero-order valence-electron chi connectivity index (χ0n) is 11.2. The van der Waals surface area contributed by atoms with E-state index in [1.165, 1.54) is 5.56 Å². The first kappa shape index (κ1) is 13.5. The molecule has 0 amide bonds. The van der Waals surface area contributed by atoms with Crippen LogP contribution in [0.5, 0.6) is 5.75 Å². The molecule has 0 aliphatic rings. The summed E-state index contributed by atoms with van der Waals surface area (Å²) in [5, 5.41) is 3.33. The Morgan fingerprint density at radius 2 is 2.21 bits per heavy atom. The van der Waals surface area contributed by atoms with Gasteiger partial charge in [0, 0.05) is 0 Å². The first-order chi connectivity index (χ1) is 9.29. The van der Waals surface area contributed by atoms with Gasteiger partial charge in [0.1, 0.15) is 11.5 Å². The van der Waals surface area contributed by atoms with Gasteiger partial charge in [-0.15, -0.1) is 0 Å². The molecule has 0 radical (unpaired) electrons. The van der Waals surface area contributed by atoms with E-state index in [1.807, 2.05) is 31.2 Å². The minimum Gasteiger partial charge on any atom is -0.492 e. The van der Waals surface area contributed by atoms with Crippen LogP contribution >= 0.6 is 0 Å². The van der Waals surface area contributed by atoms with Crippen LogP contribution in [0.25, 0.3) is 0 Å². The second-order valence-electron chi connectivity index (χ2n) is 4.31. The lowest BCUT2D eigenvalue weighted by atomic mass is 10.1. The van der Waals surface area contributed by atoms with Crippen LogP contribution in [0, 0.1) is 0 Å². The van der Waals surface area contributed by atoms with Crippen LogP contribution in [0.3, 0.4) is 0 Å². The monoisotopic (exact) mass is 260 g/mol. The van der Waals surface area contributed by atoms with E-state index in [2.05, 4.69) is 11.4 Å². The van der Waals surface area contributed by atoms with Crippen LogP contribution in [0.4, 0.5) is 5.69 Å². The number of nitrogen functional groups attached to an aromatic ring is 1. The van der Waals surface area contributed by atoms with E-state index >= 15 is 0 Å². The Morgan fingerprint density at radius 3 is 2.89 bits per heavy atom. The van der Waals surface area contributed by atoms with Gasteiger partial charge in [0.25, 0.3) is 0 Å². The fourth-order valence-corrected chi connectivity index (χ4v) is 1.90. The van der Waals surface area contributed by atoms with Crippen molar-refractivity contribution < 1.29 is 9.15 Å². The smallest absolute Gasteiger partial charge is 0.142 e. The molecule has 0 saturated carbocycles. The Hall–Kier alpha value is -1.94. The number of anilines is 1. The largest absolute Gasteiger partial charge is 0.492 e. The summed E-state index contributed by atoms with van der Waals surface area (Å²) in [5.41, 5.74) is 7.83. The number of hydrogen-bond acceptors (Lipinski definition) is 4. The van der Waals surface area contributed by atoms with Crippen LogP contribution in [-0.2, 0) is 13.0 Å². The molecule has 0 fully saturated rings. The third kappa shape index (κ3) is 4.03. The Balaban J connectivity index is 1.78. The van der Waals surface area contributed by atoms with Gasteiger partial charge in [-0.25, -0.2) is 0 Å². The minimum absolute atomic E-state index is 0.633. The minimum atomic E-state index is 0.633. The van der Waals surface area contributed by atoms with Crippen LogP contribution in [0.1, 0.15) is 18.2 Å². The molecule has 4 heteroatoms. The standard InChI is InChI=1S/C15H20N2O2/c1-2-18-15-6-5-12(10-14(15)16)7-8-17-11-13-4-3-9-19-13/h3-6,9-10,17H,2,7-8,11,16H2,1H3. The Kier molecular flexibility index (Phi) is 4.86. The van der Waals surface area contributed by atoms with Gasteiger partial charge in [-0.1, -0.05) is 6.07 Å². The van der Waals surface area contributed by atoms with E-state index in [0.717, 1.165) is 31.0 Å². The van der Waals surface area contributed by atoms with Crippen LogP contribution in [-0.4, -0.2) is 13.2 Å². The molecule has 19 heavy (non-hydrogen) atoms. The molecule has 0 saturated heterocycles. The normalized spacial score (nSPS) is 10.6. The van der Waals surface area contributed by atoms with Gasteiger partial charge in [0.15, 0.2) is 0 Å². The molecule has 1 aromatic carbocycles. The number of nitrogens with two attached hydrogens (primary N) is 1. The molecule has 0 bridgehead atoms. The molecule has 0 aliphatic carbocycles. The summed E-state index contributed by atoms with van der Waals surface area (Å²) < 4.78 is 10.7. The summed E-state index contributed by atoms with van der Waals surface area (Å²) in [6.45, 7) is 4.22. The predicted molar refractivity (Wildman–Crippen MR) is 76.1 cm³/mol. The second kappa shape index (κ2) is 6.85. The van der Waals surface area contributed by atoms with Crippen LogP contribution < -0.4 is 15.8 Å². The molecule has 0 atom stereocenters. The topological polar surface area (TPSA) is 60.4 Å². The highest BCUT2D eigenvalue weighted by molar-refractivity contribution is 5.54. The molecule has 4 nitrogen and oxygen atoms in total. The number of ether oxygens (including phenoxy) is 1. The van der Waals surface area contributed by atoms with E-state index in [9.17, 15) is 0 Å². The summed E-state index contributed by atoms with van der Waals surface area (Å²) in [5.74, 6) is 1.71. The Morgan fingerprint density at radius 1 is 1.32 bits per heavy atom. The lowest BCUT2D eigenvalue weighted by Gasteiger charge is -2.09. The number of hydrogen-bond donors (Lipinski definition) is 2. The second-order valence-corrected chi connectivity index (χ2v) is 4.31. The molecule has 1 heterocycles. The van der Waals surface area contributed by atoms with E-state index in [1.54, 1.807) is 6.26 Å². The van der Waals surface area contributed by atoms with Crippen molar-refractivity contribution in [3.05, 3.63) is 47.9 Å². The maximum absolute atomic E-state index is 5.93. The molecule has 102 valence electrons. The molecule has 2 aromatic rings. The summed E-state index contributed by atoms with van der Waals surface area (Å²) in [7, 11) is 0. The average molecular weight is 260 g/mol. The van der Waals surface area contributed by atoms with Gasteiger partial charge in [0.05, 0.1) is 25.1 Å². The first-order valence-corrected chi connectivity index (χ1v) is 6.54. The van der Waals surface area contributed by atoms with Crippen molar-refractivity contribution in [2.24, 2.45) is 0 Å². The summed E-state index contributed by atoms with van der Waals surface area (Å²) in [6.07, 6.45) is 2.61. The van der Waals surface area contributed by atoms with Gasteiger partial charge < -0.3 is 20.2 Å². The lowest BCUT2D eigenvalue weighted by Crippen LogP contribution is -2.16. The fourth-order valence-electron chi connectivity index (χ4n) is 1.90. The van der Waals surface area contributed by atoms with Gasteiger partial charge in [-0.05, 0) is 49.7 Å². The number of rotatable bonds is 7. The molecule has 0 unspecified atom stereocenters. The zero-order chi connectivity index (χ0) is 13.5. The van der Waals surface area contributed by atoms with Crippen LogP contribution in [0.2, 0.25) is 0 Å². The van der Waals surface area contributed by atoms with Crippen molar-refractivity contribution in [2.45, 2.75) is 19.9 Å². The third-order valence-electron chi connectivity index (χ3n) is 2.84. The van der Waals surface area contributed by atoms with Crippen molar-refractivity contribution in [3.63, 3.8) is 0 Å². The zero-order valence-corrected chi connectivity index (χ0v) is 11.2. The molecule has 1 aromatic heterocycles. The quantitative estimate of drug-likeness (QED) is 0.593. The first-order valence-electron chi connectivity index (χ1n) is 6.54. The molecular formula is C15H20N2O2. The van der Waals surface area contributed by atoms with E-state index < -0.39 is 0 Å². The van der Waals surface area contributed by atoms with Gasteiger partial charge in [-0.3, -0.25) is 0 Å². The molecule has 0 spiro atoms. The Bertz CT molecular complexity index is 495. The SMILES string of the molecule is CCOc1ccc(CCNCc2ccco2)cc1N. The van der Waals surface area contributed by atoms with Crippen molar-refractivity contribution in [1.29, 1.82) is 0 Å². The maximum atomic E-state index is 5.93. The van der Waals surface area contributed by atoms with Gasteiger partial charge in [-0.2, -0.15) is 0 Å². The summed E-state index contributed by atoms with van der Waals surface area (Å²) >= 11 is 0. The predicted octanol–water partition coefficient (Wildman–Crippen LogP) is 2.59. The van der Waals surface area contributed by atoms with Gasteiger partial charge in [0.2, 0.25) is 0 Å². The molecule has 3 N–H and O–H groups in total. The van der Waals surface area contributed by atoms with E-state index in [-0.39, 0.29) is 0 Å². The maximum Gasteiger partial charge on any atom is 0.142 e. The van der Waals surface area contributed by atoms with E-state index in [4.69, 9.17) is 14.9 Å². The number of furan rings is 1. The van der Waals surface area contributed by atoms with Gasteiger partial charge >= 0.3 is 0 Å². The lowest BCUT2D eigenvalue weighted by molar-refractivity contribution is 0.342. The van der Waals surface area contributed by atoms with E-state index in [0.29, 0.717) is 12.3 Å².